The van der Waals surface area contributed by atoms with Gasteiger partial charge >= 0.3 is 0 Å². The SMILES string of the molecule is COc1nc(NC2CCC2)c(F)cc1CNC(=O)[C@@H]1CCCN1C(C)(C)C. The fourth-order valence-corrected chi connectivity index (χ4v) is 3.80. The number of nitrogens with zero attached hydrogens (tertiary/aromatic N) is 2. The Morgan fingerprint density at radius 1 is 1.33 bits per heavy atom. The molecular formula is C20H31FN4O2. The topological polar surface area (TPSA) is 66.5 Å². The first-order valence-electron chi connectivity index (χ1n) is 9.84. The molecule has 2 aliphatic rings. The van der Waals surface area contributed by atoms with Crippen molar-refractivity contribution < 1.29 is 13.9 Å². The molecule has 0 unspecified atom stereocenters. The summed E-state index contributed by atoms with van der Waals surface area (Å²) in [5, 5.41) is 6.06. The minimum absolute atomic E-state index is 0.0263. The normalized spacial score (nSPS) is 21.0. The van der Waals surface area contributed by atoms with Gasteiger partial charge in [0.15, 0.2) is 11.6 Å². The quantitative estimate of drug-likeness (QED) is 0.796. The summed E-state index contributed by atoms with van der Waals surface area (Å²) in [6.45, 7) is 7.48. The van der Waals surface area contributed by atoms with Crippen molar-refractivity contribution in [2.75, 3.05) is 19.0 Å². The van der Waals surface area contributed by atoms with Gasteiger partial charge in [0, 0.05) is 23.7 Å². The molecule has 1 aromatic rings. The Kier molecular flexibility index (Phi) is 5.89. The Hall–Kier alpha value is -1.89. The molecule has 1 aliphatic heterocycles. The lowest BCUT2D eigenvalue weighted by Crippen LogP contribution is -2.51. The van der Waals surface area contributed by atoms with E-state index in [1.165, 1.54) is 13.2 Å². The first-order chi connectivity index (χ1) is 12.8. The van der Waals surface area contributed by atoms with Gasteiger partial charge < -0.3 is 15.4 Å². The standard InChI is InChI=1S/C20H31FN4O2/c1-20(2,3)25-10-6-9-16(25)18(26)22-12-13-11-15(21)17(24-19(13)27-4)23-14-7-5-8-14/h11,14,16H,5-10,12H2,1-4H3,(H,22,26)(H,23,24)/t16-/m0/s1. The van der Waals surface area contributed by atoms with Crippen molar-refractivity contribution in [3.8, 4) is 5.88 Å². The van der Waals surface area contributed by atoms with E-state index in [1.54, 1.807) is 0 Å². The van der Waals surface area contributed by atoms with E-state index in [-0.39, 0.29) is 35.9 Å². The zero-order valence-electron chi connectivity index (χ0n) is 16.8. The molecule has 6 nitrogen and oxygen atoms in total. The summed E-state index contributed by atoms with van der Waals surface area (Å²) >= 11 is 0. The zero-order valence-corrected chi connectivity index (χ0v) is 16.8. The van der Waals surface area contributed by atoms with Crippen molar-refractivity contribution in [1.82, 2.24) is 15.2 Å². The van der Waals surface area contributed by atoms with Crippen LogP contribution in [0.25, 0.3) is 0 Å². The number of methoxy groups -OCH3 is 1. The van der Waals surface area contributed by atoms with Crippen LogP contribution in [-0.4, -0.2) is 47.1 Å². The van der Waals surface area contributed by atoms with Crippen molar-refractivity contribution in [1.29, 1.82) is 0 Å². The van der Waals surface area contributed by atoms with Crippen LogP contribution in [0.3, 0.4) is 0 Å². The summed E-state index contributed by atoms with van der Waals surface area (Å²) in [7, 11) is 1.51. The second-order valence-electron chi connectivity index (χ2n) is 8.50. The molecule has 0 bridgehead atoms. The summed E-state index contributed by atoms with van der Waals surface area (Å²) in [5.41, 5.74) is 0.487. The number of carbonyl (C=O) groups excluding carboxylic acids is 1. The Bertz CT molecular complexity index is 685. The number of pyridine rings is 1. The molecule has 1 aliphatic carbocycles. The molecule has 2 fully saturated rings. The molecule has 150 valence electrons. The van der Waals surface area contributed by atoms with Crippen LogP contribution in [0.2, 0.25) is 0 Å². The maximum absolute atomic E-state index is 14.4. The van der Waals surface area contributed by atoms with E-state index in [0.29, 0.717) is 11.4 Å². The van der Waals surface area contributed by atoms with Crippen LogP contribution in [0.4, 0.5) is 10.2 Å². The van der Waals surface area contributed by atoms with Crippen molar-refractivity contribution in [3.63, 3.8) is 0 Å². The largest absolute Gasteiger partial charge is 0.481 e. The average Bonchev–Trinajstić information content (AvgIpc) is 3.07. The second-order valence-corrected chi connectivity index (χ2v) is 8.50. The van der Waals surface area contributed by atoms with Crippen LogP contribution in [-0.2, 0) is 11.3 Å². The lowest BCUT2D eigenvalue weighted by molar-refractivity contribution is -0.127. The van der Waals surface area contributed by atoms with Crippen LogP contribution in [0, 0.1) is 5.82 Å². The fourth-order valence-electron chi connectivity index (χ4n) is 3.80. The van der Waals surface area contributed by atoms with Crippen LogP contribution < -0.4 is 15.4 Å². The van der Waals surface area contributed by atoms with Crippen molar-refractivity contribution in [2.24, 2.45) is 0 Å². The van der Waals surface area contributed by atoms with Crippen molar-refractivity contribution in [2.45, 2.75) is 77.0 Å². The van der Waals surface area contributed by atoms with E-state index in [9.17, 15) is 9.18 Å². The second kappa shape index (κ2) is 8.00. The van der Waals surface area contributed by atoms with Crippen LogP contribution in [0.5, 0.6) is 5.88 Å². The van der Waals surface area contributed by atoms with Gasteiger partial charge in [-0.1, -0.05) is 0 Å². The predicted molar refractivity (Wildman–Crippen MR) is 103 cm³/mol. The number of aromatic nitrogens is 1. The molecule has 0 aromatic carbocycles. The third-order valence-electron chi connectivity index (χ3n) is 5.52. The highest BCUT2D eigenvalue weighted by Crippen LogP contribution is 2.28. The number of carbonyl (C=O) groups is 1. The molecule has 27 heavy (non-hydrogen) atoms. The highest BCUT2D eigenvalue weighted by Gasteiger charge is 2.37. The first kappa shape index (κ1) is 19.9. The molecule has 7 heteroatoms. The van der Waals surface area contributed by atoms with E-state index in [0.717, 1.165) is 38.6 Å². The number of nitrogens with one attached hydrogen (secondary N) is 2. The Morgan fingerprint density at radius 3 is 2.67 bits per heavy atom. The minimum atomic E-state index is -0.413. The van der Waals surface area contributed by atoms with Gasteiger partial charge in [0.2, 0.25) is 11.8 Å². The van der Waals surface area contributed by atoms with Crippen molar-refractivity contribution in [3.05, 3.63) is 17.4 Å². The molecule has 1 amide bonds. The van der Waals surface area contributed by atoms with Gasteiger partial charge in [-0.15, -0.1) is 0 Å². The number of amides is 1. The molecule has 1 saturated heterocycles. The lowest BCUT2D eigenvalue weighted by Gasteiger charge is -2.36. The van der Waals surface area contributed by atoms with Gasteiger partial charge in [0.25, 0.3) is 0 Å². The van der Waals surface area contributed by atoms with E-state index in [1.807, 2.05) is 0 Å². The highest BCUT2D eigenvalue weighted by atomic mass is 19.1. The monoisotopic (exact) mass is 378 g/mol. The molecule has 2 heterocycles. The lowest BCUT2D eigenvalue weighted by atomic mass is 9.93. The number of rotatable bonds is 6. The van der Waals surface area contributed by atoms with Crippen LogP contribution in [0.1, 0.15) is 58.4 Å². The number of hydrogen-bond donors (Lipinski definition) is 2. The van der Waals surface area contributed by atoms with Gasteiger partial charge in [-0.3, -0.25) is 9.69 Å². The summed E-state index contributed by atoms with van der Waals surface area (Å²) in [6, 6.07) is 1.55. The van der Waals surface area contributed by atoms with Crippen molar-refractivity contribution >= 4 is 11.7 Å². The molecular weight excluding hydrogens is 347 g/mol. The Balaban J connectivity index is 1.66. The van der Waals surface area contributed by atoms with Crippen LogP contribution in [0.15, 0.2) is 6.07 Å². The van der Waals surface area contributed by atoms with E-state index in [4.69, 9.17) is 4.74 Å². The number of ether oxygens (including phenoxy) is 1. The average molecular weight is 378 g/mol. The summed E-state index contributed by atoms with van der Waals surface area (Å²) in [5.74, 6) is 0.129. The molecule has 0 spiro atoms. The van der Waals surface area contributed by atoms with Gasteiger partial charge in [0.1, 0.15) is 0 Å². The van der Waals surface area contributed by atoms with E-state index >= 15 is 0 Å². The third kappa shape index (κ3) is 4.51. The van der Waals surface area contributed by atoms with Gasteiger partial charge in [-0.05, 0) is 65.5 Å². The third-order valence-corrected chi connectivity index (χ3v) is 5.52. The van der Waals surface area contributed by atoms with Gasteiger partial charge in [-0.25, -0.2) is 4.39 Å². The Labute approximate surface area is 160 Å². The Morgan fingerprint density at radius 2 is 2.07 bits per heavy atom. The first-order valence-corrected chi connectivity index (χ1v) is 9.84. The maximum Gasteiger partial charge on any atom is 0.237 e. The summed E-state index contributed by atoms with van der Waals surface area (Å²) in [4.78, 5) is 19.2. The predicted octanol–water partition coefficient (Wildman–Crippen LogP) is 3.07. The van der Waals surface area contributed by atoms with Gasteiger partial charge in [-0.2, -0.15) is 4.98 Å². The molecule has 3 rings (SSSR count). The van der Waals surface area contributed by atoms with E-state index < -0.39 is 5.82 Å². The number of hydrogen-bond acceptors (Lipinski definition) is 5. The smallest absolute Gasteiger partial charge is 0.237 e. The van der Waals surface area contributed by atoms with E-state index in [2.05, 4.69) is 41.3 Å². The zero-order chi connectivity index (χ0) is 19.6. The maximum atomic E-state index is 14.4. The number of anilines is 1. The highest BCUT2D eigenvalue weighted by molar-refractivity contribution is 5.82. The molecule has 1 aromatic heterocycles. The van der Waals surface area contributed by atoms with Crippen LogP contribution >= 0.6 is 0 Å². The minimum Gasteiger partial charge on any atom is -0.481 e. The summed E-state index contributed by atoms with van der Waals surface area (Å²) in [6.07, 6.45) is 5.08. The number of likely N-dealkylation sites (tertiary alicyclic amines) is 1. The molecule has 0 radical (unpaired) electrons. The fraction of sp³-hybridized carbons (Fsp3) is 0.700. The molecule has 1 atom stereocenters. The van der Waals surface area contributed by atoms with Gasteiger partial charge in [0.05, 0.1) is 13.2 Å². The molecule has 1 saturated carbocycles. The molecule has 2 N–H and O–H groups in total. The number of halogens is 1. The summed E-state index contributed by atoms with van der Waals surface area (Å²) < 4.78 is 19.8.